The molecular weight excluding hydrogens is 336 g/mol. The van der Waals surface area contributed by atoms with Gasteiger partial charge in [0, 0.05) is 0 Å². The van der Waals surface area contributed by atoms with Crippen LogP contribution in [0.25, 0.3) is 0 Å². The number of hydrogen-bond donors (Lipinski definition) is 0. The van der Waals surface area contributed by atoms with Crippen LogP contribution in [0.4, 0.5) is 0 Å². The quantitative estimate of drug-likeness (QED) is 0.654. The molecule has 0 bridgehead atoms. The van der Waals surface area contributed by atoms with Crippen LogP contribution in [-0.2, 0) is 12.8 Å². The monoisotopic (exact) mass is 352 g/mol. The molecule has 1 heterocycles. The van der Waals surface area contributed by atoms with Crippen molar-refractivity contribution in [3.8, 4) is 0 Å². The van der Waals surface area contributed by atoms with Gasteiger partial charge in [-0.05, 0) is 67.7 Å². The Hall–Kier alpha value is 0.660. The van der Waals surface area contributed by atoms with Gasteiger partial charge in [0.15, 0.2) is 0 Å². The summed E-state index contributed by atoms with van der Waals surface area (Å²) in [6.07, 6.45) is 2.34. The van der Waals surface area contributed by atoms with E-state index < -0.39 is 0 Å². The zero-order valence-corrected chi connectivity index (χ0v) is 13.7. The van der Waals surface area contributed by atoms with Gasteiger partial charge in [-0.25, -0.2) is 0 Å². The van der Waals surface area contributed by atoms with Crippen LogP contribution in [0, 0.1) is 11.8 Å². The smallest absolute Gasteiger partial charge is 0.0745 e. The molecule has 0 aliphatic heterocycles. The second-order valence-electron chi connectivity index (χ2n) is 4.80. The van der Waals surface area contributed by atoms with E-state index in [0.29, 0.717) is 11.8 Å². The molecule has 0 fully saturated rings. The molecular formula is C12H18Br2S. The molecule has 0 unspecified atom stereocenters. The summed E-state index contributed by atoms with van der Waals surface area (Å²) in [5.74, 6) is 1.43. The molecule has 0 N–H and O–H groups in total. The largest absolute Gasteiger partial charge is 0.121 e. The molecule has 0 nitrogen and oxygen atoms in total. The van der Waals surface area contributed by atoms with E-state index in [9.17, 15) is 0 Å². The molecule has 3 heteroatoms. The highest BCUT2D eigenvalue weighted by Gasteiger charge is 2.16. The first-order valence-corrected chi connectivity index (χ1v) is 7.77. The fourth-order valence-corrected chi connectivity index (χ4v) is 4.90. The zero-order chi connectivity index (χ0) is 11.6. The van der Waals surface area contributed by atoms with Gasteiger partial charge >= 0.3 is 0 Å². The Morgan fingerprint density at radius 3 is 1.47 bits per heavy atom. The summed E-state index contributed by atoms with van der Waals surface area (Å²) in [6.45, 7) is 9.10. The lowest BCUT2D eigenvalue weighted by Crippen LogP contribution is -2.01. The average Bonchev–Trinajstić information content (AvgIpc) is 2.30. The van der Waals surface area contributed by atoms with Crippen LogP contribution in [0.2, 0.25) is 0 Å². The van der Waals surface area contributed by atoms with Gasteiger partial charge in [0.25, 0.3) is 0 Å². The Balaban J connectivity index is 3.00. The summed E-state index contributed by atoms with van der Waals surface area (Å²) in [5, 5.41) is 0. The van der Waals surface area contributed by atoms with Crippen LogP contribution in [0.15, 0.2) is 7.57 Å². The predicted molar refractivity (Wildman–Crippen MR) is 76.8 cm³/mol. The number of halogens is 2. The molecule has 0 aliphatic rings. The Morgan fingerprint density at radius 1 is 0.867 bits per heavy atom. The molecule has 1 aromatic rings. The topological polar surface area (TPSA) is 0 Å². The minimum absolute atomic E-state index is 0.716. The second kappa shape index (κ2) is 5.83. The van der Waals surface area contributed by atoms with Gasteiger partial charge in [0.2, 0.25) is 0 Å². The molecule has 0 aromatic carbocycles. The van der Waals surface area contributed by atoms with Crippen molar-refractivity contribution in [1.82, 2.24) is 0 Å². The van der Waals surface area contributed by atoms with Gasteiger partial charge in [-0.1, -0.05) is 27.7 Å². The Morgan fingerprint density at radius 2 is 1.20 bits per heavy atom. The van der Waals surface area contributed by atoms with E-state index in [0.717, 1.165) is 0 Å². The third-order valence-electron chi connectivity index (χ3n) is 2.24. The first kappa shape index (κ1) is 13.7. The minimum Gasteiger partial charge on any atom is -0.121 e. The summed E-state index contributed by atoms with van der Waals surface area (Å²) < 4.78 is 2.61. The van der Waals surface area contributed by atoms with E-state index in [1.54, 1.807) is 0 Å². The third-order valence-corrected chi connectivity index (χ3v) is 5.02. The molecule has 1 rings (SSSR count). The molecule has 1 aromatic heterocycles. The van der Waals surface area contributed by atoms with E-state index in [1.165, 1.54) is 31.5 Å². The van der Waals surface area contributed by atoms with Gasteiger partial charge in [-0.15, -0.1) is 11.3 Å². The summed E-state index contributed by atoms with van der Waals surface area (Å²) in [4.78, 5) is 0. The van der Waals surface area contributed by atoms with E-state index in [-0.39, 0.29) is 0 Å². The Labute approximate surface area is 114 Å². The van der Waals surface area contributed by atoms with Crippen LogP contribution in [-0.4, -0.2) is 0 Å². The summed E-state index contributed by atoms with van der Waals surface area (Å²) in [5.41, 5.74) is 3.02. The molecule has 86 valence electrons. The first-order valence-electron chi connectivity index (χ1n) is 5.37. The van der Waals surface area contributed by atoms with Crippen molar-refractivity contribution < 1.29 is 0 Å². The molecule has 0 atom stereocenters. The zero-order valence-electron chi connectivity index (χ0n) is 9.73. The van der Waals surface area contributed by atoms with Crippen molar-refractivity contribution in [3.63, 3.8) is 0 Å². The summed E-state index contributed by atoms with van der Waals surface area (Å²) in [6, 6.07) is 0. The van der Waals surface area contributed by atoms with Crippen molar-refractivity contribution in [3.05, 3.63) is 18.7 Å². The molecule has 0 aliphatic carbocycles. The standard InChI is InChI=1S/C12H18Br2S/c1-7(2)5-9-10(6-8(3)4)12(14)15-11(9)13/h7-8H,5-6H2,1-4H3. The van der Waals surface area contributed by atoms with Crippen molar-refractivity contribution in [2.24, 2.45) is 11.8 Å². The van der Waals surface area contributed by atoms with Gasteiger partial charge in [0.05, 0.1) is 7.57 Å². The molecule has 0 radical (unpaired) electrons. The second-order valence-corrected chi connectivity index (χ2v) is 8.46. The number of rotatable bonds is 4. The van der Waals surface area contributed by atoms with Gasteiger partial charge in [0.1, 0.15) is 0 Å². The van der Waals surface area contributed by atoms with E-state index in [1.807, 2.05) is 11.3 Å². The molecule has 0 saturated carbocycles. The van der Waals surface area contributed by atoms with Gasteiger partial charge in [-0.2, -0.15) is 0 Å². The SMILES string of the molecule is CC(C)Cc1c(Br)sc(Br)c1CC(C)C. The fraction of sp³-hybridized carbons (Fsp3) is 0.667. The first-order chi connectivity index (χ1) is 6.91. The lowest BCUT2D eigenvalue weighted by molar-refractivity contribution is 0.616. The van der Waals surface area contributed by atoms with Crippen LogP contribution in [0.5, 0.6) is 0 Å². The highest BCUT2D eigenvalue weighted by molar-refractivity contribution is 9.12. The Bertz CT molecular complexity index is 296. The van der Waals surface area contributed by atoms with E-state index in [2.05, 4.69) is 59.6 Å². The van der Waals surface area contributed by atoms with Crippen LogP contribution in [0.1, 0.15) is 38.8 Å². The van der Waals surface area contributed by atoms with E-state index >= 15 is 0 Å². The average molecular weight is 354 g/mol. The maximum absolute atomic E-state index is 3.67. The van der Waals surface area contributed by atoms with Crippen molar-refractivity contribution in [2.75, 3.05) is 0 Å². The lowest BCUT2D eigenvalue weighted by Gasteiger charge is -2.10. The van der Waals surface area contributed by atoms with Crippen molar-refractivity contribution in [1.29, 1.82) is 0 Å². The third kappa shape index (κ3) is 3.86. The molecule has 15 heavy (non-hydrogen) atoms. The Kier molecular flexibility index (Phi) is 5.33. The van der Waals surface area contributed by atoms with Gasteiger partial charge < -0.3 is 0 Å². The minimum atomic E-state index is 0.716. The van der Waals surface area contributed by atoms with Crippen LogP contribution in [0.3, 0.4) is 0 Å². The lowest BCUT2D eigenvalue weighted by atomic mass is 9.97. The van der Waals surface area contributed by atoms with E-state index in [4.69, 9.17) is 0 Å². The predicted octanol–water partition coefficient (Wildman–Crippen LogP) is 5.67. The number of thiophene rings is 1. The normalized spacial score (nSPS) is 11.7. The molecule has 0 saturated heterocycles. The highest BCUT2D eigenvalue weighted by atomic mass is 79.9. The van der Waals surface area contributed by atoms with Gasteiger partial charge in [-0.3, -0.25) is 0 Å². The number of hydrogen-bond acceptors (Lipinski definition) is 1. The van der Waals surface area contributed by atoms with Crippen molar-refractivity contribution >= 4 is 43.2 Å². The molecule has 0 spiro atoms. The summed E-state index contributed by atoms with van der Waals surface area (Å²) in [7, 11) is 0. The summed E-state index contributed by atoms with van der Waals surface area (Å²) >= 11 is 9.16. The maximum atomic E-state index is 3.67. The fourth-order valence-electron chi connectivity index (χ4n) is 1.66. The van der Waals surface area contributed by atoms with Crippen LogP contribution < -0.4 is 0 Å². The maximum Gasteiger partial charge on any atom is 0.0745 e. The van der Waals surface area contributed by atoms with Crippen molar-refractivity contribution in [2.45, 2.75) is 40.5 Å². The highest BCUT2D eigenvalue weighted by Crippen LogP contribution is 2.39. The van der Waals surface area contributed by atoms with Crippen LogP contribution >= 0.6 is 43.2 Å². The molecule has 0 amide bonds.